The monoisotopic (exact) mass is 238 g/mol. The van der Waals surface area contributed by atoms with Gasteiger partial charge in [-0.25, -0.2) is 0 Å². The molecule has 94 valence electrons. The molecule has 17 heavy (non-hydrogen) atoms. The molecule has 0 saturated carbocycles. The first-order valence-electron chi connectivity index (χ1n) is 5.38. The van der Waals surface area contributed by atoms with Crippen molar-refractivity contribution in [1.82, 2.24) is 5.32 Å². The van der Waals surface area contributed by atoms with Crippen LogP contribution in [0.4, 0.5) is 0 Å². The SMILES string of the molecule is COCC(CN)NC(=O)c1ccc(C)cc1O. The number of amides is 1. The molecule has 1 amide bonds. The average Bonchev–Trinajstić information content (AvgIpc) is 2.28. The first kappa shape index (κ1) is 13.5. The maximum absolute atomic E-state index is 11.8. The van der Waals surface area contributed by atoms with E-state index in [-0.39, 0.29) is 29.8 Å². The Bertz CT molecular complexity index is 393. The summed E-state index contributed by atoms with van der Waals surface area (Å²) in [7, 11) is 1.54. The van der Waals surface area contributed by atoms with Gasteiger partial charge in [-0.3, -0.25) is 4.79 Å². The molecule has 0 aromatic heterocycles. The van der Waals surface area contributed by atoms with Crippen LogP contribution in [0.15, 0.2) is 18.2 Å². The summed E-state index contributed by atoms with van der Waals surface area (Å²) in [6.07, 6.45) is 0. The number of phenolic OH excluding ortho intramolecular Hbond substituents is 1. The van der Waals surface area contributed by atoms with Gasteiger partial charge in [0.15, 0.2) is 0 Å². The Kier molecular flexibility index (Phi) is 4.93. The molecule has 1 aromatic rings. The number of hydrogen-bond donors (Lipinski definition) is 3. The van der Waals surface area contributed by atoms with E-state index >= 15 is 0 Å². The summed E-state index contributed by atoms with van der Waals surface area (Å²) < 4.78 is 4.92. The first-order chi connectivity index (χ1) is 8.08. The Morgan fingerprint density at radius 1 is 1.59 bits per heavy atom. The number of nitrogens with two attached hydrogens (primary N) is 1. The normalized spacial score (nSPS) is 12.2. The Morgan fingerprint density at radius 3 is 2.82 bits per heavy atom. The predicted molar refractivity (Wildman–Crippen MR) is 65.0 cm³/mol. The number of carbonyl (C=O) groups excluding carboxylic acids is 1. The lowest BCUT2D eigenvalue weighted by Gasteiger charge is -2.16. The highest BCUT2D eigenvalue weighted by atomic mass is 16.5. The van der Waals surface area contributed by atoms with E-state index in [1.807, 2.05) is 6.92 Å². The molecule has 0 fully saturated rings. The van der Waals surface area contributed by atoms with Crippen molar-refractivity contribution < 1.29 is 14.6 Å². The summed E-state index contributed by atoms with van der Waals surface area (Å²) in [6.45, 7) is 2.47. The highest BCUT2D eigenvalue weighted by Crippen LogP contribution is 2.18. The summed E-state index contributed by atoms with van der Waals surface area (Å²) in [6, 6.07) is 4.64. The number of hydrogen-bond acceptors (Lipinski definition) is 4. The third-order valence-electron chi connectivity index (χ3n) is 2.39. The summed E-state index contributed by atoms with van der Waals surface area (Å²) in [4.78, 5) is 11.8. The molecule has 5 heteroatoms. The first-order valence-corrected chi connectivity index (χ1v) is 5.38. The summed E-state index contributed by atoms with van der Waals surface area (Å²) in [5, 5.41) is 12.3. The smallest absolute Gasteiger partial charge is 0.255 e. The Hall–Kier alpha value is -1.59. The maximum Gasteiger partial charge on any atom is 0.255 e. The van der Waals surface area contributed by atoms with Crippen molar-refractivity contribution in [3.63, 3.8) is 0 Å². The van der Waals surface area contributed by atoms with Crippen LogP contribution >= 0.6 is 0 Å². The van der Waals surface area contributed by atoms with E-state index < -0.39 is 0 Å². The van der Waals surface area contributed by atoms with Crippen LogP contribution in [-0.2, 0) is 4.74 Å². The highest BCUT2D eigenvalue weighted by Gasteiger charge is 2.15. The van der Waals surface area contributed by atoms with Gasteiger partial charge in [0, 0.05) is 13.7 Å². The quantitative estimate of drug-likeness (QED) is 0.693. The average molecular weight is 238 g/mol. The van der Waals surface area contributed by atoms with Crippen LogP contribution in [0.1, 0.15) is 15.9 Å². The lowest BCUT2D eigenvalue weighted by Crippen LogP contribution is -2.43. The molecule has 0 aliphatic carbocycles. The fourth-order valence-electron chi connectivity index (χ4n) is 1.47. The summed E-state index contributed by atoms with van der Waals surface area (Å²) in [5.41, 5.74) is 6.63. The minimum Gasteiger partial charge on any atom is -0.507 e. The van der Waals surface area contributed by atoms with Crippen molar-refractivity contribution in [2.24, 2.45) is 5.73 Å². The summed E-state index contributed by atoms with van der Waals surface area (Å²) >= 11 is 0. The largest absolute Gasteiger partial charge is 0.507 e. The maximum atomic E-state index is 11.8. The van der Waals surface area contributed by atoms with Crippen molar-refractivity contribution in [2.45, 2.75) is 13.0 Å². The van der Waals surface area contributed by atoms with Gasteiger partial charge in [0.2, 0.25) is 0 Å². The van der Waals surface area contributed by atoms with Crippen LogP contribution < -0.4 is 11.1 Å². The number of benzene rings is 1. The zero-order valence-corrected chi connectivity index (χ0v) is 10.1. The van der Waals surface area contributed by atoms with Gasteiger partial charge in [0.1, 0.15) is 5.75 Å². The van der Waals surface area contributed by atoms with Gasteiger partial charge in [-0.15, -0.1) is 0 Å². The third-order valence-corrected chi connectivity index (χ3v) is 2.39. The second kappa shape index (κ2) is 6.22. The van der Waals surface area contributed by atoms with Crippen LogP contribution in [0.2, 0.25) is 0 Å². The molecule has 1 atom stereocenters. The highest BCUT2D eigenvalue weighted by molar-refractivity contribution is 5.97. The third kappa shape index (κ3) is 3.72. The fourth-order valence-corrected chi connectivity index (χ4v) is 1.47. The van der Waals surface area contributed by atoms with E-state index in [1.54, 1.807) is 18.2 Å². The molecule has 5 nitrogen and oxygen atoms in total. The molecule has 0 aliphatic rings. The minimum atomic E-state index is -0.352. The number of nitrogens with one attached hydrogen (secondary N) is 1. The number of rotatable bonds is 5. The predicted octanol–water partition coefficient (Wildman–Crippen LogP) is 0.404. The van der Waals surface area contributed by atoms with E-state index in [1.165, 1.54) is 7.11 Å². The van der Waals surface area contributed by atoms with Gasteiger partial charge in [0.25, 0.3) is 5.91 Å². The van der Waals surface area contributed by atoms with Crippen LogP contribution in [-0.4, -0.2) is 37.3 Å². The second-order valence-corrected chi connectivity index (χ2v) is 3.88. The molecule has 4 N–H and O–H groups in total. The van der Waals surface area contributed by atoms with Crippen molar-refractivity contribution in [2.75, 3.05) is 20.3 Å². The van der Waals surface area contributed by atoms with E-state index in [9.17, 15) is 9.90 Å². The zero-order valence-electron chi connectivity index (χ0n) is 10.1. The van der Waals surface area contributed by atoms with Crippen molar-refractivity contribution in [3.05, 3.63) is 29.3 Å². The molecular weight excluding hydrogens is 220 g/mol. The van der Waals surface area contributed by atoms with Gasteiger partial charge >= 0.3 is 0 Å². The number of carbonyl (C=O) groups is 1. The molecule has 0 heterocycles. The summed E-state index contributed by atoms with van der Waals surface area (Å²) in [5.74, 6) is -0.384. The number of aromatic hydroxyl groups is 1. The zero-order chi connectivity index (χ0) is 12.8. The van der Waals surface area contributed by atoms with Crippen LogP contribution in [0.5, 0.6) is 5.75 Å². The molecule has 1 rings (SSSR count). The number of methoxy groups -OCH3 is 1. The molecule has 1 unspecified atom stereocenters. The van der Waals surface area contributed by atoms with Gasteiger partial charge in [-0.05, 0) is 24.6 Å². The number of ether oxygens (including phenoxy) is 1. The molecular formula is C12H18N2O3. The molecule has 1 aromatic carbocycles. The van der Waals surface area contributed by atoms with Crippen LogP contribution in [0, 0.1) is 6.92 Å². The number of aryl methyl sites for hydroxylation is 1. The Morgan fingerprint density at radius 2 is 2.29 bits per heavy atom. The Balaban J connectivity index is 2.75. The van der Waals surface area contributed by atoms with Crippen LogP contribution in [0.3, 0.4) is 0 Å². The van der Waals surface area contributed by atoms with Crippen LogP contribution in [0.25, 0.3) is 0 Å². The lowest BCUT2D eigenvalue weighted by molar-refractivity contribution is 0.0898. The van der Waals surface area contributed by atoms with E-state index in [4.69, 9.17) is 10.5 Å². The Labute approximate surface area is 101 Å². The van der Waals surface area contributed by atoms with E-state index in [0.29, 0.717) is 6.61 Å². The topological polar surface area (TPSA) is 84.6 Å². The lowest BCUT2D eigenvalue weighted by atomic mass is 10.1. The molecule has 0 spiro atoms. The van der Waals surface area contributed by atoms with Crippen molar-refractivity contribution in [1.29, 1.82) is 0 Å². The second-order valence-electron chi connectivity index (χ2n) is 3.88. The van der Waals surface area contributed by atoms with Crippen molar-refractivity contribution >= 4 is 5.91 Å². The molecule has 0 bridgehead atoms. The molecule has 0 saturated heterocycles. The van der Waals surface area contributed by atoms with Gasteiger partial charge in [0.05, 0.1) is 18.2 Å². The number of phenols is 1. The van der Waals surface area contributed by atoms with Gasteiger partial charge in [-0.1, -0.05) is 6.07 Å². The van der Waals surface area contributed by atoms with E-state index in [2.05, 4.69) is 5.32 Å². The molecule has 0 radical (unpaired) electrons. The molecule has 0 aliphatic heterocycles. The minimum absolute atomic E-state index is 0.0318. The van der Waals surface area contributed by atoms with Crippen molar-refractivity contribution in [3.8, 4) is 5.75 Å². The fraction of sp³-hybridized carbons (Fsp3) is 0.417. The standard InChI is InChI=1S/C12H18N2O3/c1-8-3-4-10(11(15)5-8)12(16)14-9(6-13)7-17-2/h3-5,9,15H,6-7,13H2,1-2H3,(H,14,16). The van der Waals surface area contributed by atoms with Gasteiger partial charge in [-0.2, -0.15) is 0 Å². The van der Waals surface area contributed by atoms with Gasteiger partial charge < -0.3 is 20.9 Å². The van der Waals surface area contributed by atoms with E-state index in [0.717, 1.165) is 5.56 Å².